The van der Waals surface area contributed by atoms with Crippen molar-refractivity contribution >= 4 is 49.8 Å². The predicted molar refractivity (Wildman–Crippen MR) is 253 cm³/mol. The molecule has 1 aromatic heterocycles. The molecular formula is C58H39NO. The number of nitrogens with zero attached hydrogens (tertiary/aromatic N) is 1. The van der Waals surface area contributed by atoms with E-state index in [1.54, 1.807) is 0 Å². The molecule has 0 fully saturated rings. The normalized spacial score (nSPS) is 11.3. The molecule has 60 heavy (non-hydrogen) atoms. The van der Waals surface area contributed by atoms with E-state index >= 15 is 0 Å². The molecule has 0 atom stereocenters. The molecule has 0 bridgehead atoms. The summed E-state index contributed by atoms with van der Waals surface area (Å²) in [5.41, 5.74) is 16.9. The van der Waals surface area contributed by atoms with Crippen molar-refractivity contribution in [2.24, 2.45) is 0 Å². The minimum atomic E-state index is 0.914. The van der Waals surface area contributed by atoms with Gasteiger partial charge in [-0.25, -0.2) is 0 Å². The van der Waals surface area contributed by atoms with Crippen LogP contribution in [0.1, 0.15) is 0 Å². The highest BCUT2D eigenvalue weighted by Crippen LogP contribution is 2.40. The standard InChI is InChI=1S/C58H39NO/c1-2-9-40(10-3-1)44-27-33-51(34-28-44)59(52-35-29-45(30-36-52)42-17-19-47(20-18-42)50-26-23-41-11-4-5-12-49(41)39-50)53-37-31-46(32-38-53)43-21-24-48(25-22-43)54-14-8-15-56-55-13-6-7-16-57(55)60-58(54)56/h1-39H. The van der Waals surface area contributed by atoms with E-state index in [1.807, 2.05) is 12.1 Å². The van der Waals surface area contributed by atoms with E-state index in [-0.39, 0.29) is 0 Å². The molecular weight excluding hydrogens is 727 g/mol. The highest BCUT2D eigenvalue weighted by Gasteiger charge is 2.15. The number of hydrogen-bond donors (Lipinski definition) is 0. The number of hydrogen-bond acceptors (Lipinski definition) is 2. The number of anilines is 3. The zero-order valence-corrected chi connectivity index (χ0v) is 32.9. The fourth-order valence-electron chi connectivity index (χ4n) is 8.53. The van der Waals surface area contributed by atoms with Gasteiger partial charge >= 0.3 is 0 Å². The molecule has 1 heterocycles. The lowest BCUT2D eigenvalue weighted by atomic mass is 9.98. The van der Waals surface area contributed by atoms with Crippen molar-refractivity contribution in [3.8, 4) is 55.6 Å². The van der Waals surface area contributed by atoms with Crippen molar-refractivity contribution in [2.45, 2.75) is 0 Å². The van der Waals surface area contributed by atoms with E-state index in [2.05, 4.69) is 229 Å². The fourth-order valence-corrected chi connectivity index (χ4v) is 8.53. The monoisotopic (exact) mass is 765 g/mol. The molecule has 11 rings (SSSR count). The van der Waals surface area contributed by atoms with Crippen molar-refractivity contribution < 1.29 is 4.42 Å². The Labute approximate surface area is 349 Å². The Morgan fingerprint density at radius 1 is 0.267 bits per heavy atom. The van der Waals surface area contributed by atoms with E-state index in [0.29, 0.717) is 0 Å². The van der Waals surface area contributed by atoms with Gasteiger partial charge in [-0.3, -0.25) is 0 Å². The maximum Gasteiger partial charge on any atom is 0.143 e. The Bertz CT molecular complexity index is 3250. The molecule has 0 aliphatic rings. The Balaban J connectivity index is 0.890. The summed E-state index contributed by atoms with van der Waals surface area (Å²) in [6.45, 7) is 0. The molecule has 2 heteroatoms. The first-order valence-electron chi connectivity index (χ1n) is 20.5. The van der Waals surface area contributed by atoms with Crippen LogP contribution in [0, 0.1) is 0 Å². The van der Waals surface area contributed by atoms with Gasteiger partial charge in [0.25, 0.3) is 0 Å². The van der Waals surface area contributed by atoms with Gasteiger partial charge in [-0.2, -0.15) is 0 Å². The topological polar surface area (TPSA) is 16.4 Å². The molecule has 2 nitrogen and oxygen atoms in total. The smallest absolute Gasteiger partial charge is 0.143 e. The number of rotatable bonds is 8. The molecule has 10 aromatic carbocycles. The molecule has 282 valence electrons. The van der Waals surface area contributed by atoms with Crippen LogP contribution in [0.2, 0.25) is 0 Å². The van der Waals surface area contributed by atoms with Crippen LogP contribution in [0.15, 0.2) is 241 Å². The number of fused-ring (bicyclic) bond motifs is 4. The van der Waals surface area contributed by atoms with Gasteiger partial charge in [0.05, 0.1) is 0 Å². The summed E-state index contributed by atoms with van der Waals surface area (Å²) in [7, 11) is 0. The summed E-state index contributed by atoms with van der Waals surface area (Å²) in [5, 5.41) is 4.80. The van der Waals surface area contributed by atoms with Crippen LogP contribution < -0.4 is 4.90 Å². The van der Waals surface area contributed by atoms with Gasteiger partial charge in [-0.05, 0) is 109 Å². The zero-order valence-electron chi connectivity index (χ0n) is 32.9. The van der Waals surface area contributed by atoms with Crippen LogP contribution in [0.5, 0.6) is 0 Å². The molecule has 0 N–H and O–H groups in total. The van der Waals surface area contributed by atoms with Crippen molar-refractivity contribution in [3.05, 3.63) is 237 Å². The summed E-state index contributed by atoms with van der Waals surface area (Å²) in [6.07, 6.45) is 0. The van der Waals surface area contributed by atoms with Crippen LogP contribution in [0.3, 0.4) is 0 Å². The van der Waals surface area contributed by atoms with E-state index in [1.165, 1.54) is 44.2 Å². The van der Waals surface area contributed by atoms with E-state index in [0.717, 1.165) is 61.3 Å². The zero-order chi connectivity index (χ0) is 39.8. The first-order valence-corrected chi connectivity index (χ1v) is 20.5. The second kappa shape index (κ2) is 15.1. The lowest BCUT2D eigenvalue weighted by molar-refractivity contribution is 0.670. The molecule has 0 aliphatic carbocycles. The summed E-state index contributed by atoms with van der Waals surface area (Å²) in [6, 6.07) is 84.8. The third-order valence-corrected chi connectivity index (χ3v) is 11.7. The van der Waals surface area contributed by atoms with Gasteiger partial charge in [0, 0.05) is 33.4 Å². The molecule has 0 aliphatic heterocycles. The van der Waals surface area contributed by atoms with Crippen LogP contribution >= 0.6 is 0 Å². The number of furan rings is 1. The first-order chi connectivity index (χ1) is 29.7. The van der Waals surface area contributed by atoms with Gasteiger partial charge in [0.15, 0.2) is 0 Å². The van der Waals surface area contributed by atoms with E-state index < -0.39 is 0 Å². The number of para-hydroxylation sites is 2. The number of benzene rings is 10. The average Bonchev–Trinajstić information content (AvgIpc) is 3.72. The van der Waals surface area contributed by atoms with Crippen molar-refractivity contribution in [1.29, 1.82) is 0 Å². The quantitative estimate of drug-likeness (QED) is 0.153. The predicted octanol–water partition coefficient (Wildman–Crippen LogP) is 16.5. The first kappa shape index (κ1) is 35.2. The molecule has 0 radical (unpaired) electrons. The molecule has 0 unspecified atom stereocenters. The molecule has 0 saturated carbocycles. The lowest BCUT2D eigenvalue weighted by Crippen LogP contribution is -2.09. The van der Waals surface area contributed by atoms with Crippen molar-refractivity contribution in [2.75, 3.05) is 4.90 Å². The van der Waals surface area contributed by atoms with E-state index in [4.69, 9.17) is 4.42 Å². The molecule has 0 saturated heterocycles. The molecule has 0 spiro atoms. The SMILES string of the molecule is c1ccc(-c2ccc(N(c3ccc(-c4ccc(-c5ccc6ccccc6c5)cc4)cc3)c3ccc(-c4ccc(-c5cccc6c5oc5ccccc56)cc4)cc3)cc2)cc1. The second-order valence-electron chi connectivity index (χ2n) is 15.3. The highest BCUT2D eigenvalue weighted by atomic mass is 16.3. The van der Waals surface area contributed by atoms with Crippen LogP contribution in [-0.2, 0) is 0 Å². The third-order valence-electron chi connectivity index (χ3n) is 11.7. The van der Waals surface area contributed by atoms with Crippen molar-refractivity contribution in [1.82, 2.24) is 0 Å². The Kier molecular flexibility index (Phi) is 8.87. The summed E-state index contributed by atoms with van der Waals surface area (Å²) < 4.78 is 6.34. The van der Waals surface area contributed by atoms with Gasteiger partial charge in [0.1, 0.15) is 11.2 Å². The van der Waals surface area contributed by atoms with Gasteiger partial charge in [-0.1, -0.05) is 188 Å². The maximum absolute atomic E-state index is 6.34. The van der Waals surface area contributed by atoms with E-state index in [9.17, 15) is 0 Å². The Hall–Kier alpha value is -7.94. The summed E-state index contributed by atoms with van der Waals surface area (Å²) in [5.74, 6) is 0. The highest BCUT2D eigenvalue weighted by molar-refractivity contribution is 6.09. The van der Waals surface area contributed by atoms with Gasteiger partial charge in [-0.15, -0.1) is 0 Å². The Morgan fingerprint density at radius 2 is 0.683 bits per heavy atom. The molecule has 0 amide bonds. The van der Waals surface area contributed by atoms with Crippen LogP contribution in [0.4, 0.5) is 17.1 Å². The van der Waals surface area contributed by atoms with Crippen LogP contribution in [0.25, 0.3) is 88.3 Å². The second-order valence-corrected chi connectivity index (χ2v) is 15.3. The van der Waals surface area contributed by atoms with Gasteiger partial charge in [0.2, 0.25) is 0 Å². The van der Waals surface area contributed by atoms with Crippen LogP contribution in [-0.4, -0.2) is 0 Å². The largest absolute Gasteiger partial charge is 0.455 e. The minimum absolute atomic E-state index is 0.914. The fraction of sp³-hybridized carbons (Fsp3) is 0. The lowest BCUT2D eigenvalue weighted by Gasteiger charge is -2.26. The summed E-state index contributed by atoms with van der Waals surface area (Å²) >= 11 is 0. The Morgan fingerprint density at radius 3 is 1.27 bits per heavy atom. The molecule has 11 aromatic rings. The van der Waals surface area contributed by atoms with Gasteiger partial charge < -0.3 is 9.32 Å². The third kappa shape index (κ3) is 6.61. The maximum atomic E-state index is 6.34. The average molecular weight is 766 g/mol. The summed E-state index contributed by atoms with van der Waals surface area (Å²) in [4.78, 5) is 2.34. The minimum Gasteiger partial charge on any atom is -0.455 e. The van der Waals surface area contributed by atoms with Crippen molar-refractivity contribution in [3.63, 3.8) is 0 Å².